The Kier molecular flexibility index (Phi) is 3.53. The van der Waals surface area contributed by atoms with E-state index in [1.807, 2.05) is 0 Å². The van der Waals surface area contributed by atoms with Crippen molar-refractivity contribution in [1.82, 2.24) is 9.97 Å². The molecule has 1 saturated heterocycles. The third-order valence-electron chi connectivity index (χ3n) is 2.55. The molecule has 0 saturated carbocycles. The van der Waals surface area contributed by atoms with Gasteiger partial charge in [-0.3, -0.25) is 4.98 Å². The van der Waals surface area contributed by atoms with Crippen LogP contribution in [0.15, 0.2) is 12.4 Å². The van der Waals surface area contributed by atoms with Crippen molar-refractivity contribution in [3.8, 4) is 0 Å². The van der Waals surface area contributed by atoms with Crippen molar-refractivity contribution in [2.45, 2.75) is 19.4 Å². The standard InChI is InChI=1S/C10H17N5O/c1-8-7-15(3-2-4-16-8)10-6-12-5-9(13-10)14-11/h5-6,8H,2-4,7,11H2,1H3,(H,13,14). The number of aromatic nitrogens is 2. The zero-order chi connectivity index (χ0) is 11.4. The van der Waals surface area contributed by atoms with Crippen molar-refractivity contribution < 1.29 is 4.74 Å². The molecule has 0 spiro atoms. The number of nitrogen functional groups attached to an aromatic ring is 1. The van der Waals surface area contributed by atoms with Gasteiger partial charge in [-0.2, -0.15) is 0 Å². The number of nitrogens with zero attached hydrogens (tertiary/aromatic N) is 3. The van der Waals surface area contributed by atoms with Crippen LogP contribution in [-0.4, -0.2) is 35.8 Å². The van der Waals surface area contributed by atoms with Gasteiger partial charge in [0.1, 0.15) is 5.82 Å². The van der Waals surface area contributed by atoms with E-state index in [-0.39, 0.29) is 6.10 Å². The summed E-state index contributed by atoms with van der Waals surface area (Å²) < 4.78 is 5.58. The Labute approximate surface area is 94.8 Å². The Hall–Kier alpha value is -1.40. The first-order chi connectivity index (χ1) is 7.79. The molecule has 2 heterocycles. The highest BCUT2D eigenvalue weighted by molar-refractivity contribution is 5.43. The number of rotatable bonds is 2. The van der Waals surface area contributed by atoms with Crippen LogP contribution in [-0.2, 0) is 4.74 Å². The summed E-state index contributed by atoms with van der Waals surface area (Å²) in [5.41, 5.74) is 2.50. The molecule has 16 heavy (non-hydrogen) atoms. The molecule has 88 valence electrons. The van der Waals surface area contributed by atoms with Crippen LogP contribution in [0.2, 0.25) is 0 Å². The van der Waals surface area contributed by atoms with E-state index in [4.69, 9.17) is 10.6 Å². The van der Waals surface area contributed by atoms with E-state index in [9.17, 15) is 0 Å². The largest absolute Gasteiger partial charge is 0.377 e. The number of ether oxygens (including phenoxy) is 1. The van der Waals surface area contributed by atoms with E-state index in [1.165, 1.54) is 0 Å². The highest BCUT2D eigenvalue weighted by atomic mass is 16.5. The van der Waals surface area contributed by atoms with Gasteiger partial charge < -0.3 is 15.1 Å². The van der Waals surface area contributed by atoms with Gasteiger partial charge in [0.05, 0.1) is 18.5 Å². The van der Waals surface area contributed by atoms with Crippen molar-refractivity contribution in [1.29, 1.82) is 0 Å². The maximum atomic E-state index is 5.58. The Morgan fingerprint density at radius 3 is 3.25 bits per heavy atom. The normalized spacial score (nSPS) is 21.6. The molecule has 1 fully saturated rings. The fourth-order valence-electron chi connectivity index (χ4n) is 1.78. The van der Waals surface area contributed by atoms with Crippen molar-refractivity contribution in [2.75, 3.05) is 30.0 Å². The molecule has 0 aromatic carbocycles. The average molecular weight is 223 g/mol. The second kappa shape index (κ2) is 5.09. The second-order valence-electron chi connectivity index (χ2n) is 3.89. The first-order valence-corrected chi connectivity index (χ1v) is 5.45. The lowest BCUT2D eigenvalue weighted by molar-refractivity contribution is 0.0820. The molecule has 0 aliphatic carbocycles. The smallest absolute Gasteiger partial charge is 0.160 e. The van der Waals surface area contributed by atoms with Crippen LogP contribution >= 0.6 is 0 Å². The quantitative estimate of drug-likeness (QED) is 0.557. The lowest BCUT2D eigenvalue weighted by Crippen LogP contribution is -2.31. The number of nitrogens with one attached hydrogen (secondary N) is 1. The molecule has 2 rings (SSSR count). The summed E-state index contributed by atoms with van der Waals surface area (Å²) in [6.07, 6.45) is 4.57. The van der Waals surface area contributed by atoms with Gasteiger partial charge in [-0.15, -0.1) is 0 Å². The molecular weight excluding hydrogens is 206 g/mol. The Balaban J connectivity index is 2.14. The van der Waals surface area contributed by atoms with Gasteiger partial charge in [0, 0.05) is 19.7 Å². The van der Waals surface area contributed by atoms with Gasteiger partial charge in [-0.1, -0.05) is 0 Å². The van der Waals surface area contributed by atoms with Gasteiger partial charge in [-0.05, 0) is 13.3 Å². The molecule has 6 nitrogen and oxygen atoms in total. The summed E-state index contributed by atoms with van der Waals surface area (Å²) in [4.78, 5) is 10.6. The van der Waals surface area contributed by atoms with E-state index in [2.05, 4.69) is 27.2 Å². The third-order valence-corrected chi connectivity index (χ3v) is 2.55. The van der Waals surface area contributed by atoms with Crippen LogP contribution in [0.25, 0.3) is 0 Å². The minimum Gasteiger partial charge on any atom is -0.377 e. The summed E-state index contributed by atoms with van der Waals surface area (Å²) in [7, 11) is 0. The molecule has 0 amide bonds. The van der Waals surface area contributed by atoms with E-state index >= 15 is 0 Å². The number of hydrogen-bond acceptors (Lipinski definition) is 6. The Bertz CT molecular complexity index is 346. The van der Waals surface area contributed by atoms with Crippen LogP contribution < -0.4 is 16.2 Å². The zero-order valence-corrected chi connectivity index (χ0v) is 9.39. The molecule has 1 unspecified atom stereocenters. The van der Waals surface area contributed by atoms with Gasteiger partial charge >= 0.3 is 0 Å². The van der Waals surface area contributed by atoms with Crippen LogP contribution in [0.1, 0.15) is 13.3 Å². The molecule has 1 atom stereocenters. The molecule has 6 heteroatoms. The second-order valence-corrected chi connectivity index (χ2v) is 3.89. The number of hydrogen-bond donors (Lipinski definition) is 2. The Morgan fingerprint density at radius 1 is 1.56 bits per heavy atom. The predicted molar refractivity (Wildman–Crippen MR) is 62.1 cm³/mol. The zero-order valence-electron chi connectivity index (χ0n) is 9.39. The van der Waals surface area contributed by atoms with Crippen molar-refractivity contribution in [3.05, 3.63) is 12.4 Å². The first-order valence-electron chi connectivity index (χ1n) is 5.45. The van der Waals surface area contributed by atoms with Crippen molar-refractivity contribution >= 4 is 11.6 Å². The van der Waals surface area contributed by atoms with Crippen LogP contribution in [0.4, 0.5) is 11.6 Å². The molecule has 0 radical (unpaired) electrons. The Morgan fingerprint density at radius 2 is 2.44 bits per heavy atom. The maximum absolute atomic E-state index is 5.58. The minimum absolute atomic E-state index is 0.221. The SMILES string of the molecule is CC1CN(c2cncc(NN)n2)CCCO1. The summed E-state index contributed by atoms with van der Waals surface area (Å²) in [5.74, 6) is 6.73. The fraction of sp³-hybridized carbons (Fsp3) is 0.600. The van der Waals surface area contributed by atoms with E-state index in [0.29, 0.717) is 5.82 Å². The molecule has 0 bridgehead atoms. The molecule has 1 aliphatic heterocycles. The number of anilines is 2. The van der Waals surface area contributed by atoms with Gasteiger partial charge in [-0.25, -0.2) is 10.8 Å². The molecule has 1 aliphatic rings. The van der Waals surface area contributed by atoms with Gasteiger partial charge in [0.2, 0.25) is 0 Å². The lowest BCUT2D eigenvalue weighted by Gasteiger charge is -2.22. The van der Waals surface area contributed by atoms with Crippen LogP contribution in [0.3, 0.4) is 0 Å². The monoisotopic (exact) mass is 223 g/mol. The highest BCUT2D eigenvalue weighted by Gasteiger charge is 2.16. The molecule has 1 aromatic heterocycles. The van der Waals surface area contributed by atoms with Crippen LogP contribution in [0.5, 0.6) is 0 Å². The first kappa shape index (κ1) is 11.1. The lowest BCUT2D eigenvalue weighted by atomic mass is 10.3. The molecular formula is C10H17N5O. The third kappa shape index (κ3) is 2.59. The molecule has 3 N–H and O–H groups in total. The van der Waals surface area contributed by atoms with Crippen molar-refractivity contribution in [2.24, 2.45) is 5.84 Å². The highest BCUT2D eigenvalue weighted by Crippen LogP contribution is 2.15. The predicted octanol–water partition coefficient (Wildman–Crippen LogP) is 0.377. The molecule has 1 aromatic rings. The van der Waals surface area contributed by atoms with Crippen LogP contribution in [0, 0.1) is 0 Å². The van der Waals surface area contributed by atoms with Gasteiger partial charge in [0.25, 0.3) is 0 Å². The van der Waals surface area contributed by atoms with Gasteiger partial charge in [0.15, 0.2) is 5.82 Å². The number of nitrogens with two attached hydrogens (primary N) is 1. The number of hydrazine groups is 1. The summed E-state index contributed by atoms with van der Waals surface area (Å²) in [6, 6.07) is 0. The maximum Gasteiger partial charge on any atom is 0.160 e. The van der Waals surface area contributed by atoms with Crippen molar-refractivity contribution in [3.63, 3.8) is 0 Å². The average Bonchev–Trinajstić information content (AvgIpc) is 2.54. The topological polar surface area (TPSA) is 76.3 Å². The van der Waals surface area contributed by atoms with E-state index in [0.717, 1.165) is 31.9 Å². The van der Waals surface area contributed by atoms with E-state index < -0.39 is 0 Å². The fourth-order valence-corrected chi connectivity index (χ4v) is 1.78. The van der Waals surface area contributed by atoms with E-state index in [1.54, 1.807) is 12.4 Å². The summed E-state index contributed by atoms with van der Waals surface area (Å²) in [5, 5.41) is 0. The summed E-state index contributed by atoms with van der Waals surface area (Å²) in [6.45, 7) is 4.65. The summed E-state index contributed by atoms with van der Waals surface area (Å²) >= 11 is 0. The minimum atomic E-state index is 0.221.